The molecule has 0 bridgehead atoms. The molecule has 4 heterocycles. The van der Waals surface area contributed by atoms with Crippen molar-refractivity contribution in [2.24, 2.45) is 0 Å². The average molecular weight is 299 g/mol. The number of nitrogens with one attached hydrogen (secondary N) is 1. The third kappa shape index (κ3) is 2.23. The molecule has 2 aliphatic rings. The van der Waals surface area contributed by atoms with Crippen LogP contribution in [0.15, 0.2) is 18.3 Å². The van der Waals surface area contributed by atoms with Gasteiger partial charge in [-0.25, -0.2) is 9.97 Å². The van der Waals surface area contributed by atoms with Crippen molar-refractivity contribution in [2.75, 3.05) is 13.1 Å². The van der Waals surface area contributed by atoms with Crippen LogP contribution in [-0.2, 0) is 0 Å². The molecule has 0 spiro atoms. The van der Waals surface area contributed by atoms with Crippen molar-refractivity contribution >= 4 is 11.2 Å². The zero-order valence-corrected chi connectivity index (χ0v) is 13.5. The van der Waals surface area contributed by atoms with E-state index in [1.54, 1.807) is 0 Å². The molecular formula is C17H25N5. The van der Waals surface area contributed by atoms with Crippen LogP contribution in [0.2, 0.25) is 0 Å². The van der Waals surface area contributed by atoms with E-state index in [-0.39, 0.29) is 0 Å². The summed E-state index contributed by atoms with van der Waals surface area (Å²) in [5.41, 5.74) is 2.06. The first-order valence-electron chi connectivity index (χ1n) is 8.57. The smallest absolute Gasteiger partial charge is 0.161 e. The number of likely N-dealkylation sites (tertiary alicyclic amines) is 1. The van der Waals surface area contributed by atoms with E-state index in [1.807, 2.05) is 12.3 Å². The van der Waals surface area contributed by atoms with Crippen molar-refractivity contribution in [3.05, 3.63) is 24.2 Å². The topological polar surface area (TPSA) is 46.0 Å². The minimum atomic E-state index is 0.351. The highest BCUT2D eigenvalue weighted by molar-refractivity contribution is 5.71. The van der Waals surface area contributed by atoms with Gasteiger partial charge < -0.3 is 0 Å². The molecule has 2 aliphatic heterocycles. The van der Waals surface area contributed by atoms with Gasteiger partial charge in [0.15, 0.2) is 5.65 Å². The van der Waals surface area contributed by atoms with Gasteiger partial charge in [-0.15, -0.1) is 0 Å². The quantitative estimate of drug-likeness (QED) is 0.946. The molecule has 2 fully saturated rings. The van der Waals surface area contributed by atoms with Crippen LogP contribution in [0, 0.1) is 0 Å². The molecule has 1 N–H and O–H groups in total. The first-order chi connectivity index (χ1) is 10.8. The number of pyridine rings is 1. The van der Waals surface area contributed by atoms with E-state index in [0.29, 0.717) is 18.2 Å². The third-order valence-corrected chi connectivity index (χ3v) is 5.08. The maximum atomic E-state index is 4.99. The highest BCUT2D eigenvalue weighted by Crippen LogP contribution is 2.36. The van der Waals surface area contributed by atoms with Gasteiger partial charge in [-0.1, -0.05) is 0 Å². The van der Waals surface area contributed by atoms with Crippen molar-refractivity contribution in [3.63, 3.8) is 0 Å². The summed E-state index contributed by atoms with van der Waals surface area (Å²) in [4.78, 5) is 12.2. The van der Waals surface area contributed by atoms with E-state index in [4.69, 9.17) is 4.98 Å². The summed E-state index contributed by atoms with van der Waals surface area (Å²) < 4.78 is 2.38. The maximum absolute atomic E-state index is 4.99. The van der Waals surface area contributed by atoms with Crippen molar-refractivity contribution in [1.82, 2.24) is 24.8 Å². The fraction of sp³-hybridized carbons (Fsp3) is 0.647. The summed E-state index contributed by atoms with van der Waals surface area (Å²) in [6, 6.07) is 5.06. The van der Waals surface area contributed by atoms with Gasteiger partial charge in [0.05, 0.1) is 12.2 Å². The Balaban J connectivity index is 1.84. The molecule has 22 heavy (non-hydrogen) atoms. The second-order valence-electron chi connectivity index (χ2n) is 6.79. The fourth-order valence-electron chi connectivity index (χ4n) is 4.06. The fourth-order valence-corrected chi connectivity index (χ4v) is 4.06. The van der Waals surface area contributed by atoms with Crippen LogP contribution in [0.3, 0.4) is 0 Å². The predicted octanol–water partition coefficient (Wildman–Crippen LogP) is 2.86. The highest BCUT2D eigenvalue weighted by Gasteiger charge is 2.34. The Morgan fingerprint density at radius 1 is 1.27 bits per heavy atom. The molecule has 0 amide bonds. The lowest BCUT2D eigenvalue weighted by Gasteiger charge is -2.29. The second-order valence-corrected chi connectivity index (χ2v) is 6.79. The zero-order chi connectivity index (χ0) is 15.1. The van der Waals surface area contributed by atoms with E-state index in [2.05, 4.69) is 39.7 Å². The van der Waals surface area contributed by atoms with Gasteiger partial charge in [-0.2, -0.15) is 0 Å². The molecule has 0 aliphatic carbocycles. The minimum absolute atomic E-state index is 0.351. The standard InChI is InChI=1S/C17H25N5/c1-12(2)21-11-5-7-14(21)17-20-13-6-3-10-19-16(13)22(17)15-8-4-9-18-15/h3,6,10,12,14-15,18H,4-5,7-9,11H2,1-2H3. The number of hydrogen-bond acceptors (Lipinski definition) is 4. The van der Waals surface area contributed by atoms with Crippen LogP contribution in [0.5, 0.6) is 0 Å². The molecule has 2 aromatic rings. The number of imidazole rings is 1. The summed E-state index contributed by atoms with van der Waals surface area (Å²) in [7, 11) is 0. The number of hydrogen-bond donors (Lipinski definition) is 1. The first-order valence-corrected chi connectivity index (χ1v) is 8.57. The van der Waals surface area contributed by atoms with E-state index < -0.39 is 0 Å². The Labute approximate surface area is 131 Å². The highest BCUT2D eigenvalue weighted by atomic mass is 15.3. The molecule has 2 unspecified atom stereocenters. The Morgan fingerprint density at radius 2 is 2.18 bits per heavy atom. The lowest BCUT2D eigenvalue weighted by molar-refractivity contribution is 0.192. The molecule has 0 aromatic carbocycles. The van der Waals surface area contributed by atoms with Crippen molar-refractivity contribution in [3.8, 4) is 0 Å². The number of aromatic nitrogens is 3. The molecule has 2 saturated heterocycles. The zero-order valence-electron chi connectivity index (χ0n) is 13.5. The summed E-state index contributed by atoms with van der Waals surface area (Å²) in [5.74, 6) is 1.21. The van der Waals surface area contributed by atoms with Gasteiger partial charge in [-0.05, 0) is 64.8 Å². The normalized spacial score (nSPS) is 26.5. The number of rotatable bonds is 3. The summed E-state index contributed by atoms with van der Waals surface area (Å²) in [5, 5.41) is 3.62. The summed E-state index contributed by atoms with van der Waals surface area (Å²) in [6.07, 6.45) is 7.10. The van der Waals surface area contributed by atoms with Crippen LogP contribution in [0.25, 0.3) is 11.2 Å². The van der Waals surface area contributed by atoms with Crippen molar-refractivity contribution in [2.45, 2.75) is 57.8 Å². The summed E-state index contributed by atoms with van der Waals surface area (Å²) >= 11 is 0. The van der Waals surface area contributed by atoms with Gasteiger partial charge in [0, 0.05) is 12.2 Å². The molecule has 0 saturated carbocycles. The van der Waals surface area contributed by atoms with Crippen LogP contribution >= 0.6 is 0 Å². The van der Waals surface area contributed by atoms with Gasteiger partial charge >= 0.3 is 0 Å². The third-order valence-electron chi connectivity index (χ3n) is 5.08. The number of nitrogens with zero attached hydrogens (tertiary/aromatic N) is 4. The Kier molecular flexibility index (Phi) is 3.62. The van der Waals surface area contributed by atoms with Gasteiger partial charge in [-0.3, -0.25) is 14.8 Å². The molecule has 5 nitrogen and oxygen atoms in total. The van der Waals surface area contributed by atoms with Crippen LogP contribution in [0.4, 0.5) is 0 Å². The Bertz CT molecular complexity index is 656. The van der Waals surface area contributed by atoms with E-state index >= 15 is 0 Å². The summed E-state index contributed by atoms with van der Waals surface area (Å²) in [6.45, 7) is 6.85. The monoisotopic (exact) mass is 299 g/mol. The van der Waals surface area contributed by atoms with Gasteiger partial charge in [0.1, 0.15) is 11.3 Å². The molecule has 118 valence electrons. The molecule has 2 aromatic heterocycles. The molecule has 5 heteroatoms. The second kappa shape index (κ2) is 5.63. The van der Waals surface area contributed by atoms with Crippen LogP contribution in [-0.4, -0.2) is 38.6 Å². The average Bonchev–Trinajstić information content (AvgIpc) is 3.24. The molecule has 0 radical (unpaired) electrons. The van der Waals surface area contributed by atoms with E-state index in [0.717, 1.165) is 17.7 Å². The van der Waals surface area contributed by atoms with Gasteiger partial charge in [0.2, 0.25) is 0 Å². The van der Waals surface area contributed by atoms with Gasteiger partial charge in [0.25, 0.3) is 0 Å². The Morgan fingerprint density at radius 3 is 2.95 bits per heavy atom. The lowest BCUT2D eigenvalue weighted by atomic mass is 10.2. The Hall–Kier alpha value is -1.46. The van der Waals surface area contributed by atoms with Crippen LogP contribution in [0.1, 0.15) is 57.6 Å². The SMILES string of the molecule is CC(C)N1CCCC1c1nc2cccnc2n1C1CCCN1. The van der Waals surface area contributed by atoms with Crippen molar-refractivity contribution in [1.29, 1.82) is 0 Å². The van der Waals surface area contributed by atoms with Crippen LogP contribution < -0.4 is 5.32 Å². The molecule has 4 rings (SSSR count). The van der Waals surface area contributed by atoms with E-state index in [1.165, 1.54) is 38.1 Å². The predicted molar refractivity (Wildman–Crippen MR) is 87.6 cm³/mol. The minimum Gasteiger partial charge on any atom is -0.297 e. The van der Waals surface area contributed by atoms with Crippen molar-refractivity contribution < 1.29 is 0 Å². The molecule has 2 atom stereocenters. The lowest BCUT2D eigenvalue weighted by Crippen LogP contribution is -2.33. The first kappa shape index (κ1) is 14.2. The maximum Gasteiger partial charge on any atom is 0.161 e. The number of fused-ring (bicyclic) bond motifs is 1. The van der Waals surface area contributed by atoms with E-state index in [9.17, 15) is 0 Å². The molecular weight excluding hydrogens is 274 g/mol. The largest absolute Gasteiger partial charge is 0.297 e.